The molecular weight excluding hydrogens is 200 g/mol. The number of thiazole rings is 1. The zero-order chi connectivity index (χ0) is 10.7. The van der Waals surface area contributed by atoms with Gasteiger partial charge in [0.2, 0.25) is 5.91 Å². The van der Waals surface area contributed by atoms with Gasteiger partial charge >= 0.3 is 4.87 Å². The van der Waals surface area contributed by atoms with E-state index in [4.69, 9.17) is 0 Å². The van der Waals surface area contributed by atoms with E-state index in [0.29, 0.717) is 6.54 Å². The van der Waals surface area contributed by atoms with Gasteiger partial charge in [0.25, 0.3) is 0 Å². The first-order valence-electron chi connectivity index (χ1n) is 4.49. The fourth-order valence-electron chi connectivity index (χ4n) is 1.17. The monoisotopic (exact) mass is 214 g/mol. The van der Waals surface area contributed by atoms with Gasteiger partial charge in [-0.2, -0.15) is 0 Å². The quantitative estimate of drug-likeness (QED) is 0.803. The van der Waals surface area contributed by atoms with Crippen LogP contribution in [-0.4, -0.2) is 17.0 Å². The van der Waals surface area contributed by atoms with E-state index in [2.05, 4.69) is 5.32 Å². The highest BCUT2D eigenvalue weighted by Crippen LogP contribution is 2.08. The number of nitrogens with one attached hydrogen (secondary N) is 1. The minimum atomic E-state index is -0.115. The summed E-state index contributed by atoms with van der Waals surface area (Å²) in [5.41, 5.74) is 0.881. The van der Waals surface area contributed by atoms with Crippen LogP contribution in [0.4, 0.5) is 0 Å². The van der Waals surface area contributed by atoms with Gasteiger partial charge in [0.05, 0.1) is 0 Å². The predicted molar refractivity (Wildman–Crippen MR) is 56.7 cm³/mol. The van der Waals surface area contributed by atoms with Gasteiger partial charge in [-0.1, -0.05) is 11.3 Å². The first kappa shape index (κ1) is 11.0. The molecule has 0 aromatic carbocycles. The molecule has 1 heterocycles. The van der Waals surface area contributed by atoms with Gasteiger partial charge in [-0.3, -0.25) is 14.2 Å². The van der Waals surface area contributed by atoms with E-state index < -0.39 is 0 Å². The molecule has 1 aromatic heterocycles. The molecule has 1 N–H and O–H groups in total. The summed E-state index contributed by atoms with van der Waals surface area (Å²) < 4.78 is 1.50. The predicted octanol–water partition coefficient (Wildman–Crippen LogP) is 0.663. The number of hydrogen-bond acceptors (Lipinski definition) is 3. The second-order valence-electron chi connectivity index (χ2n) is 3.05. The summed E-state index contributed by atoms with van der Waals surface area (Å²) in [7, 11) is 0. The van der Waals surface area contributed by atoms with E-state index in [1.807, 2.05) is 20.8 Å². The lowest BCUT2D eigenvalue weighted by molar-refractivity contribution is -0.121. The maximum Gasteiger partial charge on any atom is 0.308 e. The number of nitrogens with zero attached hydrogens (tertiary/aromatic N) is 1. The summed E-state index contributed by atoms with van der Waals surface area (Å²) >= 11 is 1.18. The van der Waals surface area contributed by atoms with Gasteiger partial charge in [0.1, 0.15) is 6.54 Å². The third-order valence-electron chi connectivity index (χ3n) is 2.05. The van der Waals surface area contributed by atoms with Crippen LogP contribution in [0.2, 0.25) is 0 Å². The van der Waals surface area contributed by atoms with Crippen LogP contribution in [-0.2, 0) is 11.3 Å². The Morgan fingerprint density at radius 3 is 2.57 bits per heavy atom. The number of likely N-dealkylation sites (N-methyl/N-ethyl adjacent to an activating group) is 1. The Bertz CT molecular complexity index is 392. The average molecular weight is 214 g/mol. The van der Waals surface area contributed by atoms with Crippen LogP contribution in [0.15, 0.2) is 4.79 Å². The molecule has 0 bridgehead atoms. The smallest absolute Gasteiger partial charge is 0.308 e. The van der Waals surface area contributed by atoms with Gasteiger partial charge < -0.3 is 5.32 Å². The summed E-state index contributed by atoms with van der Waals surface area (Å²) in [6.45, 7) is 6.31. The molecule has 1 amide bonds. The van der Waals surface area contributed by atoms with E-state index in [-0.39, 0.29) is 17.3 Å². The molecule has 0 saturated carbocycles. The van der Waals surface area contributed by atoms with Crippen LogP contribution in [0.5, 0.6) is 0 Å². The van der Waals surface area contributed by atoms with Crippen LogP contribution in [0.3, 0.4) is 0 Å². The summed E-state index contributed by atoms with van der Waals surface area (Å²) in [6.07, 6.45) is 0. The Labute approximate surface area is 86.6 Å². The highest BCUT2D eigenvalue weighted by Gasteiger charge is 2.10. The van der Waals surface area contributed by atoms with Crippen molar-refractivity contribution < 1.29 is 4.79 Å². The Balaban J connectivity index is 2.86. The van der Waals surface area contributed by atoms with Crippen molar-refractivity contribution in [3.05, 3.63) is 20.2 Å². The summed E-state index contributed by atoms with van der Waals surface area (Å²) in [5, 5.41) is 2.66. The van der Waals surface area contributed by atoms with Crippen molar-refractivity contribution in [1.29, 1.82) is 0 Å². The van der Waals surface area contributed by atoms with Gasteiger partial charge in [-0.05, 0) is 20.8 Å². The Hall–Kier alpha value is -1.10. The molecule has 0 aliphatic heterocycles. The largest absolute Gasteiger partial charge is 0.355 e. The third-order valence-corrected chi connectivity index (χ3v) is 3.05. The lowest BCUT2D eigenvalue weighted by Crippen LogP contribution is -2.30. The van der Waals surface area contributed by atoms with Crippen molar-refractivity contribution in [3.8, 4) is 0 Å². The van der Waals surface area contributed by atoms with Gasteiger partial charge in [0, 0.05) is 17.1 Å². The zero-order valence-electron chi connectivity index (χ0n) is 8.59. The van der Waals surface area contributed by atoms with Crippen LogP contribution in [0, 0.1) is 13.8 Å². The van der Waals surface area contributed by atoms with Crippen molar-refractivity contribution >= 4 is 17.2 Å². The van der Waals surface area contributed by atoms with Gasteiger partial charge in [-0.15, -0.1) is 0 Å². The van der Waals surface area contributed by atoms with E-state index in [9.17, 15) is 9.59 Å². The second-order valence-corrected chi connectivity index (χ2v) is 4.21. The van der Waals surface area contributed by atoms with E-state index in [1.165, 1.54) is 15.9 Å². The fourth-order valence-corrected chi connectivity index (χ4v) is 2.00. The molecule has 0 aliphatic rings. The Morgan fingerprint density at radius 2 is 2.14 bits per heavy atom. The van der Waals surface area contributed by atoms with E-state index in [1.54, 1.807) is 0 Å². The Kier molecular flexibility index (Phi) is 3.46. The third kappa shape index (κ3) is 2.23. The van der Waals surface area contributed by atoms with Crippen LogP contribution < -0.4 is 10.2 Å². The van der Waals surface area contributed by atoms with Crippen LogP contribution in [0.25, 0.3) is 0 Å². The van der Waals surface area contributed by atoms with Gasteiger partial charge in [-0.25, -0.2) is 0 Å². The normalized spacial score (nSPS) is 10.2. The molecule has 14 heavy (non-hydrogen) atoms. The van der Waals surface area contributed by atoms with Crippen molar-refractivity contribution in [2.75, 3.05) is 6.54 Å². The highest BCUT2D eigenvalue weighted by atomic mass is 32.1. The summed E-state index contributed by atoms with van der Waals surface area (Å²) in [4.78, 5) is 23.6. The standard InChI is InChI=1S/C9H14N2O2S/c1-4-10-8(12)5-11-6(2)7(3)14-9(11)13/h4-5H2,1-3H3,(H,10,12). The second kappa shape index (κ2) is 4.41. The van der Waals surface area contributed by atoms with E-state index in [0.717, 1.165) is 10.6 Å². The number of rotatable bonds is 3. The molecule has 0 unspecified atom stereocenters. The minimum absolute atomic E-state index is 0.0637. The summed E-state index contributed by atoms with van der Waals surface area (Å²) in [6, 6.07) is 0. The molecule has 0 radical (unpaired) electrons. The molecular formula is C9H14N2O2S. The number of aromatic nitrogens is 1. The maximum absolute atomic E-state index is 11.4. The molecule has 4 nitrogen and oxygen atoms in total. The maximum atomic E-state index is 11.4. The lowest BCUT2D eigenvalue weighted by Gasteiger charge is -2.04. The molecule has 0 fully saturated rings. The first-order valence-corrected chi connectivity index (χ1v) is 5.31. The molecule has 78 valence electrons. The summed E-state index contributed by atoms with van der Waals surface area (Å²) in [5.74, 6) is -0.115. The molecule has 0 saturated heterocycles. The Morgan fingerprint density at radius 1 is 1.50 bits per heavy atom. The number of hydrogen-bond donors (Lipinski definition) is 1. The number of aryl methyl sites for hydroxylation is 1. The SMILES string of the molecule is CCNC(=O)Cn1c(C)c(C)sc1=O. The van der Waals surface area contributed by atoms with Crippen molar-refractivity contribution in [2.45, 2.75) is 27.3 Å². The molecule has 5 heteroatoms. The molecule has 1 rings (SSSR count). The van der Waals surface area contributed by atoms with Crippen molar-refractivity contribution in [1.82, 2.24) is 9.88 Å². The molecule has 0 aliphatic carbocycles. The lowest BCUT2D eigenvalue weighted by atomic mass is 10.4. The number of amides is 1. The first-order chi connectivity index (χ1) is 6.56. The van der Waals surface area contributed by atoms with Crippen molar-refractivity contribution in [2.24, 2.45) is 0 Å². The number of carbonyl (C=O) groups excluding carboxylic acids is 1. The topological polar surface area (TPSA) is 51.1 Å². The van der Waals surface area contributed by atoms with E-state index >= 15 is 0 Å². The van der Waals surface area contributed by atoms with Crippen LogP contribution in [0.1, 0.15) is 17.5 Å². The van der Waals surface area contributed by atoms with Crippen molar-refractivity contribution in [3.63, 3.8) is 0 Å². The average Bonchev–Trinajstić information content (AvgIpc) is 2.33. The molecule has 0 spiro atoms. The fraction of sp³-hybridized carbons (Fsp3) is 0.556. The molecule has 0 atom stereocenters. The molecule has 1 aromatic rings. The zero-order valence-corrected chi connectivity index (χ0v) is 9.40. The van der Waals surface area contributed by atoms with Gasteiger partial charge in [0.15, 0.2) is 0 Å². The minimum Gasteiger partial charge on any atom is -0.355 e. The van der Waals surface area contributed by atoms with Crippen LogP contribution >= 0.6 is 11.3 Å². The highest BCUT2D eigenvalue weighted by molar-refractivity contribution is 7.09. The number of carbonyl (C=O) groups is 1.